The number of rotatable bonds is 4. The number of aryl methyl sites for hydroxylation is 1. The molecule has 116 valence electrons. The molecule has 3 aromatic rings. The molecule has 3 aromatic carbocycles. The number of fused-ring (bicyclic) bond motifs is 1. The number of benzene rings is 3. The van der Waals surface area contributed by atoms with Gasteiger partial charge in [-0.1, -0.05) is 42.5 Å². The van der Waals surface area contributed by atoms with Gasteiger partial charge in [0.2, 0.25) is 0 Å². The number of nitrogens with one attached hydrogen (secondary N) is 1. The highest BCUT2D eigenvalue weighted by atomic mass is 16.5. The summed E-state index contributed by atoms with van der Waals surface area (Å²) in [5.41, 5.74) is 1.87. The molecule has 0 fully saturated rings. The van der Waals surface area contributed by atoms with Gasteiger partial charge in [-0.2, -0.15) is 0 Å². The monoisotopic (exact) mass is 305 g/mol. The smallest absolute Gasteiger partial charge is 0.265 e. The predicted molar refractivity (Wildman–Crippen MR) is 93.8 cm³/mol. The van der Waals surface area contributed by atoms with E-state index in [0.717, 1.165) is 22.0 Å². The molecular weight excluding hydrogens is 286 g/mol. The molecule has 0 aliphatic heterocycles. The first-order valence-electron chi connectivity index (χ1n) is 7.65. The number of anilines is 1. The first-order valence-corrected chi connectivity index (χ1v) is 7.65. The largest absolute Gasteiger partial charge is 0.481 e. The second-order valence-corrected chi connectivity index (χ2v) is 5.63. The third kappa shape index (κ3) is 3.69. The molecule has 0 saturated carbocycles. The van der Waals surface area contributed by atoms with Crippen LogP contribution in [-0.4, -0.2) is 12.0 Å². The molecule has 3 nitrogen and oxygen atoms in total. The summed E-state index contributed by atoms with van der Waals surface area (Å²) < 4.78 is 5.70. The predicted octanol–water partition coefficient (Wildman–Crippen LogP) is 4.55. The Kier molecular flexibility index (Phi) is 4.29. The quantitative estimate of drug-likeness (QED) is 0.767. The van der Waals surface area contributed by atoms with Crippen LogP contribution in [0.3, 0.4) is 0 Å². The Hall–Kier alpha value is -2.81. The van der Waals surface area contributed by atoms with E-state index in [2.05, 4.69) is 5.32 Å². The minimum absolute atomic E-state index is 0.165. The molecule has 0 radical (unpaired) electrons. The average molecular weight is 305 g/mol. The van der Waals surface area contributed by atoms with Crippen LogP contribution < -0.4 is 10.1 Å². The maximum atomic E-state index is 12.3. The molecule has 0 unspecified atom stereocenters. The lowest BCUT2D eigenvalue weighted by atomic mass is 10.1. The van der Waals surface area contributed by atoms with Gasteiger partial charge in [0.05, 0.1) is 0 Å². The van der Waals surface area contributed by atoms with Crippen LogP contribution in [0.5, 0.6) is 5.75 Å². The van der Waals surface area contributed by atoms with Gasteiger partial charge in [0.15, 0.2) is 6.10 Å². The lowest BCUT2D eigenvalue weighted by Crippen LogP contribution is -2.30. The number of carbonyl (C=O) groups is 1. The Morgan fingerprint density at radius 2 is 1.74 bits per heavy atom. The fourth-order valence-electron chi connectivity index (χ4n) is 2.46. The van der Waals surface area contributed by atoms with E-state index in [1.165, 1.54) is 0 Å². The highest BCUT2D eigenvalue weighted by Crippen LogP contribution is 2.20. The fraction of sp³-hybridized carbons (Fsp3) is 0.150. The number of amides is 1. The lowest BCUT2D eigenvalue weighted by Gasteiger charge is -2.15. The van der Waals surface area contributed by atoms with Gasteiger partial charge in [-0.3, -0.25) is 4.79 Å². The Balaban J connectivity index is 1.69. The summed E-state index contributed by atoms with van der Waals surface area (Å²) >= 11 is 0. The topological polar surface area (TPSA) is 38.3 Å². The van der Waals surface area contributed by atoms with Crippen molar-refractivity contribution >= 4 is 22.4 Å². The first kappa shape index (κ1) is 15.1. The number of hydrogen-bond donors (Lipinski definition) is 1. The van der Waals surface area contributed by atoms with Gasteiger partial charge < -0.3 is 10.1 Å². The van der Waals surface area contributed by atoms with Gasteiger partial charge in [-0.05, 0) is 54.4 Å². The van der Waals surface area contributed by atoms with Gasteiger partial charge in [0.25, 0.3) is 5.91 Å². The Morgan fingerprint density at radius 1 is 0.957 bits per heavy atom. The molecule has 1 amide bonds. The van der Waals surface area contributed by atoms with Crippen molar-refractivity contribution in [2.45, 2.75) is 20.0 Å². The zero-order valence-corrected chi connectivity index (χ0v) is 13.2. The van der Waals surface area contributed by atoms with E-state index in [1.807, 2.05) is 73.7 Å². The van der Waals surface area contributed by atoms with Crippen molar-refractivity contribution in [3.63, 3.8) is 0 Å². The summed E-state index contributed by atoms with van der Waals surface area (Å²) in [6.45, 7) is 3.74. The molecule has 0 aliphatic carbocycles. The number of ether oxygens (including phenoxy) is 1. The van der Waals surface area contributed by atoms with E-state index in [9.17, 15) is 4.79 Å². The van der Waals surface area contributed by atoms with Crippen LogP contribution in [0.25, 0.3) is 10.8 Å². The maximum Gasteiger partial charge on any atom is 0.265 e. The standard InChI is InChI=1S/C20H19NO2/c1-14-6-5-9-19(12-14)23-15(2)20(22)21-18-11-10-16-7-3-4-8-17(16)13-18/h3-13,15H,1-2H3,(H,21,22)/t15-/m1/s1. The minimum Gasteiger partial charge on any atom is -0.481 e. The molecule has 3 rings (SSSR count). The van der Waals surface area contributed by atoms with E-state index >= 15 is 0 Å². The van der Waals surface area contributed by atoms with Crippen LogP contribution in [0.15, 0.2) is 66.7 Å². The third-order valence-corrected chi connectivity index (χ3v) is 3.69. The van der Waals surface area contributed by atoms with E-state index in [-0.39, 0.29) is 5.91 Å². The van der Waals surface area contributed by atoms with Crippen LogP contribution in [0.1, 0.15) is 12.5 Å². The third-order valence-electron chi connectivity index (χ3n) is 3.69. The second-order valence-electron chi connectivity index (χ2n) is 5.63. The van der Waals surface area contributed by atoms with Crippen LogP contribution in [0.2, 0.25) is 0 Å². The fourth-order valence-corrected chi connectivity index (χ4v) is 2.46. The molecule has 0 saturated heterocycles. The van der Waals surface area contributed by atoms with Crippen LogP contribution in [0, 0.1) is 6.92 Å². The maximum absolute atomic E-state index is 12.3. The first-order chi connectivity index (χ1) is 11.1. The Bertz CT molecular complexity index is 842. The zero-order chi connectivity index (χ0) is 16.2. The van der Waals surface area contributed by atoms with Crippen molar-refractivity contribution in [1.29, 1.82) is 0 Å². The molecule has 0 aromatic heterocycles. The molecule has 1 N–H and O–H groups in total. The van der Waals surface area contributed by atoms with E-state index in [4.69, 9.17) is 4.74 Å². The Labute approximate surface area is 135 Å². The van der Waals surface area contributed by atoms with Gasteiger partial charge in [0.1, 0.15) is 5.75 Å². The average Bonchev–Trinajstić information content (AvgIpc) is 2.54. The highest BCUT2D eigenvalue weighted by molar-refractivity contribution is 5.96. The molecule has 0 spiro atoms. The second kappa shape index (κ2) is 6.53. The molecule has 23 heavy (non-hydrogen) atoms. The van der Waals surface area contributed by atoms with Gasteiger partial charge in [-0.15, -0.1) is 0 Å². The molecule has 1 atom stereocenters. The van der Waals surface area contributed by atoms with Crippen molar-refractivity contribution < 1.29 is 9.53 Å². The summed E-state index contributed by atoms with van der Waals surface area (Å²) in [4.78, 5) is 12.3. The summed E-state index contributed by atoms with van der Waals surface area (Å²) in [7, 11) is 0. The molecular formula is C20H19NO2. The van der Waals surface area contributed by atoms with Crippen molar-refractivity contribution in [3.05, 3.63) is 72.3 Å². The van der Waals surface area contributed by atoms with Crippen LogP contribution in [-0.2, 0) is 4.79 Å². The van der Waals surface area contributed by atoms with Crippen molar-refractivity contribution in [3.8, 4) is 5.75 Å². The van der Waals surface area contributed by atoms with Crippen LogP contribution >= 0.6 is 0 Å². The summed E-state index contributed by atoms with van der Waals surface area (Å²) in [6.07, 6.45) is -0.566. The summed E-state index contributed by atoms with van der Waals surface area (Å²) in [5, 5.41) is 5.15. The lowest BCUT2D eigenvalue weighted by molar-refractivity contribution is -0.122. The summed E-state index contributed by atoms with van der Waals surface area (Å²) in [6, 6.07) is 21.6. The van der Waals surface area contributed by atoms with Crippen molar-refractivity contribution in [2.75, 3.05) is 5.32 Å². The van der Waals surface area contributed by atoms with E-state index in [0.29, 0.717) is 5.75 Å². The van der Waals surface area contributed by atoms with Crippen LogP contribution in [0.4, 0.5) is 5.69 Å². The number of hydrogen-bond acceptors (Lipinski definition) is 2. The summed E-state index contributed by atoms with van der Waals surface area (Å²) in [5.74, 6) is 0.535. The molecule has 0 bridgehead atoms. The highest BCUT2D eigenvalue weighted by Gasteiger charge is 2.15. The van der Waals surface area contributed by atoms with Crippen molar-refractivity contribution in [1.82, 2.24) is 0 Å². The SMILES string of the molecule is Cc1cccc(O[C@H](C)C(=O)Nc2ccc3ccccc3c2)c1. The number of carbonyl (C=O) groups excluding carboxylic acids is 1. The Morgan fingerprint density at radius 3 is 2.52 bits per heavy atom. The zero-order valence-electron chi connectivity index (χ0n) is 13.2. The van der Waals surface area contributed by atoms with Crippen molar-refractivity contribution in [2.24, 2.45) is 0 Å². The van der Waals surface area contributed by atoms with Gasteiger partial charge in [0, 0.05) is 5.69 Å². The molecule has 0 heterocycles. The molecule has 0 aliphatic rings. The van der Waals surface area contributed by atoms with Gasteiger partial charge >= 0.3 is 0 Å². The minimum atomic E-state index is -0.566. The van der Waals surface area contributed by atoms with E-state index in [1.54, 1.807) is 6.92 Å². The van der Waals surface area contributed by atoms with E-state index < -0.39 is 6.10 Å². The van der Waals surface area contributed by atoms with Gasteiger partial charge in [-0.25, -0.2) is 0 Å². The normalized spacial score (nSPS) is 11.9. The molecule has 3 heteroatoms.